The minimum atomic E-state index is -1.07. The standard InChI is InChI=1S/C13H17BrN2O3/c1-13(2,3)10(12(18)19)16-11(17)8-5-4-7(14)6-9(8)15/h4-6,10H,15H2,1-3H3,(H,16,17)(H,18,19)/t10-/m1/s1. The first-order chi connectivity index (χ1) is 8.62. The van der Waals surface area contributed by atoms with Gasteiger partial charge in [0.2, 0.25) is 0 Å². The average molecular weight is 329 g/mol. The Balaban J connectivity index is 2.98. The quantitative estimate of drug-likeness (QED) is 0.742. The van der Waals surface area contributed by atoms with Crippen LogP contribution in [0.4, 0.5) is 5.69 Å². The molecule has 5 nitrogen and oxygen atoms in total. The number of halogens is 1. The number of amides is 1. The van der Waals surface area contributed by atoms with Crippen LogP contribution in [-0.4, -0.2) is 23.0 Å². The molecule has 1 aromatic rings. The third-order valence-corrected chi connectivity index (χ3v) is 3.14. The number of carbonyl (C=O) groups excluding carboxylic acids is 1. The van der Waals surface area contributed by atoms with Crippen LogP contribution in [0.25, 0.3) is 0 Å². The molecule has 104 valence electrons. The lowest BCUT2D eigenvalue weighted by Crippen LogP contribution is -2.49. The van der Waals surface area contributed by atoms with Crippen LogP contribution in [0.1, 0.15) is 31.1 Å². The summed E-state index contributed by atoms with van der Waals surface area (Å²) in [6.07, 6.45) is 0. The molecule has 1 atom stereocenters. The molecule has 0 spiro atoms. The van der Waals surface area contributed by atoms with Crippen LogP contribution in [-0.2, 0) is 4.79 Å². The first-order valence-corrected chi connectivity index (χ1v) is 6.51. The number of benzene rings is 1. The SMILES string of the molecule is CC(C)(C)[C@H](NC(=O)c1ccc(Br)cc1N)C(=O)O. The fourth-order valence-electron chi connectivity index (χ4n) is 1.60. The van der Waals surface area contributed by atoms with E-state index in [0.717, 1.165) is 4.47 Å². The third kappa shape index (κ3) is 3.96. The lowest BCUT2D eigenvalue weighted by Gasteiger charge is -2.27. The predicted octanol–water partition coefficient (Wildman–Crippen LogP) is 2.26. The molecular formula is C13H17BrN2O3. The number of carbonyl (C=O) groups is 2. The minimum absolute atomic E-state index is 0.263. The van der Waals surface area contributed by atoms with Gasteiger partial charge in [-0.05, 0) is 23.6 Å². The fraction of sp³-hybridized carbons (Fsp3) is 0.385. The van der Waals surface area contributed by atoms with Gasteiger partial charge in [-0.25, -0.2) is 4.79 Å². The predicted molar refractivity (Wildman–Crippen MR) is 76.9 cm³/mol. The number of carboxylic acid groups (broad SMARTS) is 1. The monoisotopic (exact) mass is 328 g/mol. The zero-order chi connectivity index (χ0) is 14.8. The van der Waals surface area contributed by atoms with Gasteiger partial charge in [-0.2, -0.15) is 0 Å². The molecule has 0 saturated carbocycles. The number of aliphatic carboxylic acids is 1. The summed E-state index contributed by atoms with van der Waals surface area (Å²) in [6.45, 7) is 5.24. The van der Waals surface area contributed by atoms with Gasteiger partial charge in [-0.1, -0.05) is 36.7 Å². The van der Waals surface area contributed by atoms with Gasteiger partial charge in [0.15, 0.2) is 0 Å². The Morgan fingerprint density at radius 2 is 1.95 bits per heavy atom. The van der Waals surface area contributed by atoms with Gasteiger partial charge in [-0.3, -0.25) is 4.79 Å². The second-order valence-corrected chi connectivity index (χ2v) is 6.26. The molecule has 4 N–H and O–H groups in total. The number of anilines is 1. The summed E-state index contributed by atoms with van der Waals surface area (Å²) >= 11 is 3.25. The molecule has 1 rings (SSSR count). The Bertz CT molecular complexity index is 509. The molecule has 0 fully saturated rings. The number of rotatable bonds is 3. The molecule has 0 radical (unpaired) electrons. The highest BCUT2D eigenvalue weighted by atomic mass is 79.9. The van der Waals surface area contributed by atoms with Crippen LogP contribution in [0.2, 0.25) is 0 Å². The number of nitrogens with two attached hydrogens (primary N) is 1. The van der Waals surface area contributed by atoms with Gasteiger partial charge >= 0.3 is 5.97 Å². The number of hydrogen-bond acceptors (Lipinski definition) is 3. The molecule has 0 saturated heterocycles. The van der Waals surface area contributed by atoms with Gasteiger partial charge in [0.25, 0.3) is 5.91 Å². The third-order valence-electron chi connectivity index (χ3n) is 2.65. The van der Waals surface area contributed by atoms with E-state index in [9.17, 15) is 9.59 Å². The van der Waals surface area contributed by atoms with Crippen molar-refractivity contribution in [3.63, 3.8) is 0 Å². The summed E-state index contributed by atoms with van der Waals surface area (Å²) in [7, 11) is 0. The van der Waals surface area contributed by atoms with Crippen LogP contribution >= 0.6 is 15.9 Å². The van der Waals surface area contributed by atoms with E-state index in [1.165, 1.54) is 0 Å². The van der Waals surface area contributed by atoms with Crippen molar-refractivity contribution in [1.29, 1.82) is 0 Å². The summed E-state index contributed by atoms with van der Waals surface area (Å²) in [5, 5.41) is 11.7. The van der Waals surface area contributed by atoms with Crippen molar-refractivity contribution in [2.75, 3.05) is 5.73 Å². The zero-order valence-electron chi connectivity index (χ0n) is 11.0. The van der Waals surface area contributed by atoms with E-state index < -0.39 is 23.3 Å². The van der Waals surface area contributed by atoms with E-state index in [1.807, 2.05) is 0 Å². The van der Waals surface area contributed by atoms with E-state index in [2.05, 4.69) is 21.2 Å². The molecule has 6 heteroatoms. The average Bonchev–Trinajstić information content (AvgIpc) is 2.23. The maximum Gasteiger partial charge on any atom is 0.326 e. The minimum Gasteiger partial charge on any atom is -0.480 e. The normalized spacial score (nSPS) is 12.8. The molecule has 0 bridgehead atoms. The highest BCUT2D eigenvalue weighted by Gasteiger charge is 2.33. The Kier molecular flexibility index (Phi) is 4.57. The Hall–Kier alpha value is -1.56. The first kappa shape index (κ1) is 15.5. The van der Waals surface area contributed by atoms with Crippen LogP contribution in [0.15, 0.2) is 22.7 Å². The molecule has 0 aliphatic carbocycles. The Morgan fingerprint density at radius 3 is 2.37 bits per heavy atom. The van der Waals surface area contributed by atoms with Crippen molar-refractivity contribution in [3.05, 3.63) is 28.2 Å². The summed E-state index contributed by atoms with van der Waals surface area (Å²) in [6, 6.07) is 3.85. The molecule has 19 heavy (non-hydrogen) atoms. The second-order valence-electron chi connectivity index (χ2n) is 5.34. The van der Waals surface area contributed by atoms with Gasteiger partial charge in [0.1, 0.15) is 6.04 Å². The van der Waals surface area contributed by atoms with Crippen LogP contribution < -0.4 is 11.1 Å². The molecule has 0 unspecified atom stereocenters. The lowest BCUT2D eigenvalue weighted by molar-refractivity contribution is -0.142. The molecule has 0 aliphatic heterocycles. The van der Waals surface area contributed by atoms with Gasteiger partial charge < -0.3 is 16.2 Å². The largest absolute Gasteiger partial charge is 0.480 e. The van der Waals surface area contributed by atoms with Crippen molar-refractivity contribution in [2.45, 2.75) is 26.8 Å². The molecular weight excluding hydrogens is 312 g/mol. The van der Waals surface area contributed by atoms with Crippen LogP contribution in [0, 0.1) is 5.41 Å². The summed E-state index contributed by atoms with van der Waals surface area (Å²) in [4.78, 5) is 23.3. The zero-order valence-corrected chi connectivity index (χ0v) is 12.6. The highest BCUT2D eigenvalue weighted by Crippen LogP contribution is 2.22. The van der Waals surface area contributed by atoms with E-state index in [4.69, 9.17) is 10.8 Å². The maximum absolute atomic E-state index is 12.1. The highest BCUT2D eigenvalue weighted by molar-refractivity contribution is 9.10. The number of carboxylic acids is 1. The lowest BCUT2D eigenvalue weighted by atomic mass is 9.86. The number of hydrogen-bond donors (Lipinski definition) is 3. The second kappa shape index (κ2) is 5.61. The van der Waals surface area contributed by atoms with E-state index >= 15 is 0 Å². The fourth-order valence-corrected chi connectivity index (χ4v) is 1.98. The summed E-state index contributed by atoms with van der Waals surface area (Å²) < 4.78 is 0.757. The van der Waals surface area contributed by atoms with Gasteiger partial charge in [0, 0.05) is 10.2 Å². The van der Waals surface area contributed by atoms with Crippen molar-refractivity contribution < 1.29 is 14.7 Å². The van der Waals surface area contributed by atoms with Crippen LogP contribution in [0.5, 0.6) is 0 Å². The Morgan fingerprint density at radius 1 is 1.37 bits per heavy atom. The number of nitrogen functional groups attached to an aromatic ring is 1. The molecule has 0 aliphatic rings. The van der Waals surface area contributed by atoms with Crippen LogP contribution in [0.3, 0.4) is 0 Å². The van der Waals surface area contributed by atoms with E-state index in [1.54, 1.807) is 39.0 Å². The summed E-state index contributed by atoms with van der Waals surface area (Å²) in [5.41, 5.74) is 5.71. The Labute approximate surface area is 120 Å². The molecule has 0 heterocycles. The smallest absolute Gasteiger partial charge is 0.326 e. The van der Waals surface area contributed by atoms with Crippen molar-refractivity contribution in [1.82, 2.24) is 5.32 Å². The maximum atomic E-state index is 12.1. The molecule has 1 aromatic carbocycles. The van der Waals surface area contributed by atoms with Gasteiger partial charge in [-0.15, -0.1) is 0 Å². The van der Waals surface area contributed by atoms with Crippen molar-refractivity contribution in [3.8, 4) is 0 Å². The first-order valence-electron chi connectivity index (χ1n) is 5.71. The van der Waals surface area contributed by atoms with Crippen molar-refractivity contribution >= 4 is 33.5 Å². The van der Waals surface area contributed by atoms with Gasteiger partial charge in [0.05, 0.1) is 5.56 Å². The topological polar surface area (TPSA) is 92.4 Å². The van der Waals surface area contributed by atoms with Crippen molar-refractivity contribution in [2.24, 2.45) is 5.41 Å². The number of nitrogens with one attached hydrogen (secondary N) is 1. The molecule has 1 amide bonds. The molecule has 0 aromatic heterocycles. The van der Waals surface area contributed by atoms with E-state index in [-0.39, 0.29) is 5.56 Å². The van der Waals surface area contributed by atoms with E-state index in [0.29, 0.717) is 5.69 Å². The summed E-state index contributed by atoms with van der Waals surface area (Å²) in [5.74, 6) is -1.57.